The summed E-state index contributed by atoms with van der Waals surface area (Å²) in [7, 11) is 0. The van der Waals surface area contributed by atoms with E-state index < -0.39 is 91.0 Å². The van der Waals surface area contributed by atoms with Crippen molar-refractivity contribution in [2.24, 2.45) is 29.6 Å². The molecule has 0 spiro atoms. The monoisotopic (exact) mass is 502 g/mol. The van der Waals surface area contributed by atoms with Gasteiger partial charge in [-0.25, -0.2) is 0 Å². The van der Waals surface area contributed by atoms with Crippen molar-refractivity contribution in [2.75, 3.05) is 13.2 Å². The van der Waals surface area contributed by atoms with Crippen LogP contribution in [0.25, 0.3) is 0 Å². The molecule has 0 aliphatic heterocycles. The van der Waals surface area contributed by atoms with E-state index in [1.807, 2.05) is 0 Å². The molecule has 10 heteroatoms. The van der Waals surface area contributed by atoms with Crippen LogP contribution in [0.3, 0.4) is 0 Å². The molecule has 0 radical (unpaired) electrons. The summed E-state index contributed by atoms with van der Waals surface area (Å²) >= 11 is 0. The van der Waals surface area contributed by atoms with E-state index in [1.165, 1.54) is 0 Å². The molecule has 10 nitrogen and oxygen atoms in total. The van der Waals surface area contributed by atoms with Crippen LogP contribution in [0, 0.1) is 29.6 Å². The van der Waals surface area contributed by atoms with Gasteiger partial charge in [-0.05, 0) is 0 Å². The standard InChI is InChI=1S/C25H42O10/c1-13(2)21(26)31-11-18(33-23(28)15(5)6)20(35-25(30)17(9)10)19(34-24(29)16(7)8)12-32-22(27)14(3)4/h13-20H,11-12H2,1-10H3/t18-,19+,20?. The second kappa shape index (κ2) is 15.4. The van der Waals surface area contributed by atoms with E-state index in [4.69, 9.17) is 23.7 Å². The Balaban J connectivity index is 6.34. The molecule has 202 valence electrons. The Morgan fingerprint density at radius 3 is 0.943 bits per heavy atom. The van der Waals surface area contributed by atoms with E-state index in [0.29, 0.717) is 0 Å². The molecule has 0 rings (SSSR count). The number of hydrogen-bond donors (Lipinski definition) is 0. The molecule has 0 saturated carbocycles. The van der Waals surface area contributed by atoms with Crippen LogP contribution in [0.15, 0.2) is 0 Å². The van der Waals surface area contributed by atoms with Crippen molar-refractivity contribution in [3.63, 3.8) is 0 Å². The highest BCUT2D eigenvalue weighted by atomic mass is 16.6. The lowest BCUT2D eigenvalue weighted by Crippen LogP contribution is -2.51. The van der Waals surface area contributed by atoms with Gasteiger partial charge in [-0.2, -0.15) is 0 Å². The van der Waals surface area contributed by atoms with E-state index in [1.54, 1.807) is 69.2 Å². The molecule has 1 unspecified atom stereocenters. The Morgan fingerprint density at radius 2 is 0.686 bits per heavy atom. The highest BCUT2D eigenvalue weighted by Gasteiger charge is 2.41. The van der Waals surface area contributed by atoms with Gasteiger partial charge in [-0.15, -0.1) is 0 Å². The molecule has 0 aliphatic rings. The fourth-order valence-corrected chi connectivity index (χ4v) is 2.29. The quantitative estimate of drug-likeness (QED) is 0.258. The second-order valence-corrected chi connectivity index (χ2v) is 9.89. The van der Waals surface area contributed by atoms with Gasteiger partial charge >= 0.3 is 29.8 Å². The fraction of sp³-hybridized carbons (Fsp3) is 0.800. The van der Waals surface area contributed by atoms with Gasteiger partial charge in [-0.3, -0.25) is 24.0 Å². The zero-order chi connectivity index (χ0) is 27.5. The number of carbonyl (C=O) groups is 5. The van der Waals surface area contributed by atoms with E-state index in [-0.39, 0.29) is 0 Å². The molecule has 0 saturated heterocycles. The number of ether oxygens (including phenoxy) is 5. The van der Waals surface area contributed by atoms with Crippen LogP contribution in [0.1, 0.15) is 69.2 Å². The molecule has 0 fully saturated rings. The van der Waals surface area contributed by atoms with Crippen LogP contribution in [0.5, 0.6) is 0 Å². The smallest absolute Gasteiger partial charge is 0.308 e. The molecule has 35 heavy (non-hydrogen) atoms. The normalized spacial score (nSPS) is 14.0. The Bertz CT molecular complexity index is 674. The van der Waals surface area contributed by atoms with Crippen LogP contribution >= 0.6 is 0 Å². The lowest BCUT2D eigenvalue weighted by Gasteiger charge is -2.33. The van der Waals surface area contributed by atoms with Crippen LogP contribution in [-0.2, 0) is 47.7 Å². The van der Waals surface area contributed by atoms with Gasteiger partial charge < -0.3 is 23.7 Å². The Morgan fingerprint density at radius 1 is 0.429 bits per heavy atom. The van der Waals surface area contributed by atoms with Crippen molar-refractivity contribution in [1.82, 2.24) is 0 Å². The van der Waals surface area contributed by atoms with Crippen LogP contribution in [0.4, 0.5) is 0 Å². The maximum Gasteiger partial charge on any atom is 0.308 e. The Hall–Kier alpha value is -2.65. The first kappa shape index (κ1) is 32.4. The predicted octanol–water partition coefficient (Wildman–Crippen LogP) is 3.09. The third-order valence-corrected chi connectivity index (χ3v) is 4.66. The van der Waals surface area contributed by atoms with Crippen molar-refractivity contribution in [1.29, 1.82) is 0 Å². The molecule has 0 aliphatic carbocycles. The van der Waals surface area contributed by atoms with Gasteiger partial charge in [0.05, 0.1) is 29.6 Å². The maximum absolute atomic E-state index is 12.6. The van der Waals surface area contributed by atoms with Crippen molar-refractivity contribution in [2.45, 2.75) is 87.5 Å². The summed E-state index contributed by atoms with van der Waals surface area (Å²) in [6, 6.07) is 0. The number of esters is 5. The minimum atomic E-state index is -1.41. The number of hydrogen-bond acceptors (Lipinski definition) is 10. The number of rotatable bonds is 14. The summed E-state index contributed by atoms with van der Waals surface area (Å²) in [6.07, 6.45) is -4.05. The summed E-state index contributed by atoms with van der Waals surface area (Å²) in [5.41, 5.74) is 0. The van der Waals surface area contributed by atoms with Crippen molar-refractivity contribution in [3.8, 4) is 0 Å². The van der Waals surface area contributed by atoms with E-state index in [0.717, 1.165) is 0 Å². The molecular formula is C25H42O10. The second-order valence-electron chi connectivity index (χ2n) is 9.89. The fourth-order valence-electron chi connectivity index (χ4n) is 2.29. The average Bonchev–Trinajstić information content (AvgIpc) is 2.76. The summed E-state index contributed by atoms with van der Waals surface area (Å²) in [6.45, 7) is 15.2. The largest absolute Gasteiger partial charge is 0.461 e. The minimum absolute atomic E-state index is 0.459. The van der Waals surface area contributed by atoms with E-state index in [9.17, 15) is 24.0 Å². The van der Waals surface area contributed by atoms with Crippen LogP contribution < -0.4 is 0 Å². The van der Waals surface area contributed by atoms with Gasteiger partial charge in [0.15, 0.2) is 18.3 Å². The average molecular weight is 503 g/mol. The number of carbonyl (C=O) groups excluding carboxylic acids is 5. The summed E-state index contributed by atoms with van der Waals surface area (Å²) < 4.78 is 27.2. The predicted molar refractivity (Wildman–Crippen MR) is 126 cm³/mol. The lowest BCUT2D eigenvalue weighted by atomic mass is 10.1. The van der Waals surface area contributed by atoms with E-state index >= 15 is 0 Å². The topological polar surface area (TPSA) is 132 Å². The molecule has 0 aromatic carbocycles. The molecule has 0 aromatic rings. The van der Waals surface area contributed by atoms with Gasteiger partial charge in [0.2, 0.25) is 0 Å². The summed E-state index contributed by atoms with van der Waals surface area (Å²) in [5.74, 6) is -5.68. The summed E-state index contributed by atoms with van der Waals surface area (Å²) in [5, 5.41) is 0. The molecule has 0 bridgehead atoms. The SMILES string of the molecule is CC(C)C(=O)OC[C@H](OC(=O)C(C)C)C(OC(=O)C(C)C)[C@@H](COC(=O)C(C)C)OC(=O)C(C)C. The third-order valence-electron chi connectivity index (χ3n) is 4.66. The first-order valence-corrected chi connectivity index (χ1v) is 12.0. The molecule has 0 heterocycles. The first-order chi connectivity index (χ1) is 16.1. The highest BCUT2D eigenvalue weighted by Crippen LogP contribution is 2.20. The molecule has 0 aromatic heterocycles. The van der Waals surface area contributed by atoms with E-state index in [2.05, 4.69) is 0 Å². The van der Waals surface area contributed by atoms with Gasteiger partial charge in [0, 0.05) is 0 Å². The zero-order valence-corrected chi connectivity index (χ0v) is 22.6. The van der Waals surface area contributed by atoms with Gasteiger partial charge in [0.25, 0.3) is 0 Å². The summed E-state index contributed by atoms with van der Waals surface area (Å²) in [4.78, 5) is 61.8. The van der Waals surface area contributed by atoms with Crippen molar-refractivity contribution >= 4 is 29.8 Å². The van der Waals surface area contributed by atoms with Crippen LogP contribution in [-0.4, -0.2) is 61.4 Å². The Labute approximate surface area is 208 Å². The van der Waals surface area contributed by atoms with Crippen molar-refractivity contribution in [3.05, 3.63) is 0 Å². The van der Waals surface area contributed by atoms with Gasteiger partial charge in [-0.1, -0.05) is 69.2 Å². The molecule has 3 atom stereocenters. The first-order valence-electron chi connectivity index (χ1n) is 12.0. The minimum Gasteiger partial charge on any atom is -0.461 e. The molecule has 0 N–H and O–H groups in total. The van der Waals surface area contributed by atoms with Crippen LogP contribution in [0.2, 0.25) is 0 Å². The zero-order valence-electron chi connectivity index (χ0n) is 22.6. The lowest BCUT2D eigenvalue weighted by molar-refractivity contribution is -0.201. The van der Waals surface area contributed by atoms with Gasteiger partial charge in [0.1, 0.15) is 13.2 Å². The third kappa shape index (κ3) is 12.0. The molecular weight excluding hydrogens is 460 g/mol. The maximum atomic E-state index is 12.6. The Kier molecular flexibility index (Phi) is 14.2. The highest BCUT2D eigenvalue weighted by molar-refractivity contribution is 5.74. The molecule has 0 amide bonds. The van der Waals surface area contributed by atoms with Crippen molar-refractivity contribution < 1.29 is 47.7 Å².